The van der Waals surface area contributed by atoms with E-state index in [-0.39, 0.29) is 16.3 Å². The molecule has 0 bridgehead atoms. The van der Waals surface area contributed by atoms with E-state index in [9.17, 15) is 13.2 Å². The molecule has 0 spiro atoms. The Kier molecular flexibility index (Phi) is 6.83. The number of fused-ring (bicyclic) bond motifs is 1. The van der Waals surface area contributed by atoms with Crippen LogP contribution < -0.4 is 9.62 Å². The standard InChI is InChI=1S/C26H22Cl2N4O3S/c27-22-8-5-18(14-21(22)25-9-4-17-16-29-11-10-24(17)31-25)30-26(33)20-7-6-19(15-23(20)28)32-12-2-1-3-13-36(32,34)35/h4-11,14-16H,1-3,12-13H2,(H,30,33). The number of carbonyl (C=O) groups is 1. The van der Waals surface area contributed by atoms with E-state index in [0.29, 0.717) is 40.6 Å². The number of hydrogen-bond donors (Lipinski definition) is 1. The zero-order valence-electron chi connectivity index (χ0n) is 19.1. The maximum absolute atomic E-state index is 13.0. The van der Waals surface area contributed by atoms with Crippen LogP contribution in [0.5, 0.6) is 0 Å². The molecule has 7 nitrogen and oxygen atoms in total. The first-order valence-corrected chi connectivity index (χ1v) is 13.8. The number of carbonyl (C=O) groups excluding carboxylic acids is 1. The second-order valence-electron chi connectivity index (χ2n) is 8.53. The van der Waals surface area contributed by atoms with Crippen LogP contribution in [0.25, 0.3) is 22.2 Å². The fraction of sp³-hybridized carbons (Fsp3) is 0.192. The Labute approximate surface area is 219 Å². The Morgan fingerprint density at radius 2 is 1.81 bits per heavy atom. The third-order valence-corrected chi connectivity index (χ3v) is 8.59. The molecule has 1 amide bonds. The number of aromatic nitrogens is 2. The van der Waals surface area contributed by atoms with Gasteiger partial charge in [-0.3, -0.25) is 14.1 Å². The first-order chi connectivity index (χ1) is 17.3. The lowest BCUT2D eigenvalue weighted by molar-refractivity contribution is 0.102. The van der Waals surface area contributed by atoms with Crippen molar-refractivity contribution in [3.8, 4) is 11.3 Å². The zero-order chi connectivity index (χ0) is 25.3. The van der Waals surface area contributed by atoms with Crippen LogP contribution in [0.4, 0.5) is 11.4 Å². The van der Waals surface area contributed by atoms with Gasteiger partial charge in [-0.05, 0) is 67.4 Å². The van der Waals surface area contributed by atoms with Crippen molar-refractivity contribution in [3.63, 3.8) is 0 Å². The summed E-state index contributed by atoms with van der Waals surface area (Å²) in [5.41, 5.74) is 3.33. The number of benzene rings is 2. The highest BCUT2D eigenvalue weighted by atomic mass is 35.5. The maximum atomic E-state index is 13.0. The van der Waals surface area contributed by atoms with Crippen molar-refractivity contribution in [2.45, 2.75) is 19.3 Å². The van der Waals surface area contributed by atoms with Crippen LogP contribution in [-0.2, 0) is 10.0 Å². The number of anilines is 2. The van der Waals surface area contributed by atoms with E-state index >= 15 is 0 Å². The summed E-state index contributed by atoms with van der Waals surface area (Å²) in [4.78, 5) is 21.8. The van der Waals surface area contributed by atoms with Gasteiger partial charge in [-0.2, -0.15) is 0 Å². The van der Waals surface area contributed by atoms with E-state index in [0.717, 1.165) is 23.7 Å². The van der Waals surface area contributed by atoms with Crippen LogP contribution in [0.3, 0.4) is 0 Å². The number of nitrogens with zero attached hydrogens (tertiary/aromatic N) is 3. The lowest BCUT2D eigenvalue weighted by atomic mass is 10.1. The lowest BCUT2D eigenvalue weighted by Crippen LogP contribution is -2.32. The van der Waals surface area contributed by atoms with Crippen LogP contribution >= 0.6 is 23.2 Å². The zero-order valence-corrected chi connectivity index (χ0v) is 21.4. The van der Waals surface area contributed by atoms with Crippen LogP contribution in [0, 0.1) is 0 Å². The molecule has 0 atom stereocenters. The third kappa shape index (κ3) is 5.02. The van der Waals surface area contributed by atoms with Gasteiger partial charge in [0, 0.05) is 35.6 Å². The van der Waals surface area contributed by atoms with Gasteiger partial charge in [0.2, 0.25) is 10.0 Å². The average molecular weight is 541 g/mol. The molecule has 2 aromatic carbocycles. The Hall–Kier alpha value is -3.20. The van der Waals surface area contributed by atoms with E-state index in [1.165, 1.54) is 10.4 Å². The summed E-state index contributed by atoms with van der Waals surface area (Å²) >= 11 is 12.9. The maximum Gasteiger partial charge on any atom is 0.257 e. The Bertz CT molecular complexity index is 1580. The molecule has 0 unspecified atom stereocenters. The van der Waals surface area contributed by atoms with Gasteiger partial charge < -0.3 is 5.32 Å². The fourth-order valence-electron chi connectivity index (χ4n) is 4.21. The second-order valence-corrected chi connectivity index (χ2v) is 11.4. The minimum Gasteiger partial charge on any atom is -0.322 e. The molecule has 0 radical (unpaired) electrons. The van der Waals surface area contributed by atoms with Crippen LogP contribution in [-0.4, -0.2) is 36.6 Å². The van der Waals surface area contributed by atoms with Crippen LogP contribution in [0.1, 0.15) is 29.6 Å². The summed E-state index contributed by atoms with van der Waals surface area (Å²) in [6.07, 6.45) is 5.69. The van der Waals surface area contributed by atoms with E-state index < -0.39 is 15.9 Å². The smallest absolute Gasteiger partial charge is 0.257 e. The Morgan fingerprint density at radius 1 is 0.944 bits per heavy atom. The molecule has 1 N–H and O–H groups in total. The van der Waals surface area contributed by atoms with E-state index in [1.807, 2.05) is 18.2 Å². The highest BCUT2D eigenvalue weighted by Crippen LogP contribution is 2.32. The SMILES string of the molecule is O=C(Nc1ccc(Cl)c(-c2ccc3cnccc3n2)c1)c1ccc(N2CCCCCS2(=O)=O)cc1Cl. The first kappa shape index (κ1) is 24.5. The van der Waals surface area contributed by atoms with E-state index in [4.69, 9.17) is 23.2 Å². The molecule has 1 fully saturated rings. The van der Waals surface area contributed by atoms with Gasteiger partial charge in [0.15, 0.2) is 0 Å². The van der Waals surface area contributed by atoms with E-state index in [2.05, 4.69) is 15.3 Å². The van der Waals surface area contributed by atoms with E-state index in [1.54, 1.807) is 42.7 Å². The first-order valence-electron chi connectivity index (χ1n) is 11.4. The van der Waals surface area contributed by atoms with Crippen molar-refractivity contribution in [2.24, 2.45) is 0 Å². The summed E-state index contributed by atoms with van der Waals surface area (Å²) in [7, 11) is -3.41. The number of pyridine rings is 2. The molecule has 36 heavy (non-hydrogen) atoms. The molecule has 0 aliphatic carbocycles. The fourth-order valence-corrected chi connectivity index (χ4v) is 6.32. The number of sulfonamides is 1. The number of rotatable bonds is 4. The molecule has 0 saturated carbocycles. The molecule has 1 aliphatic rings. The van der Waals surface area contributed by atoms with Gasteiger partial charge in [-0.15, -0.1) is 0 Å². The van der Waals surface area contributed by atoms with Crippen molar-refractivity contribution in [3.05, 3.63) is 82.6 Å². The Morgan fingerprint density at radius 3 is 2.64 bits per heavy atom. The third-order valence-electron chi connectivity index (χ3n) is 6.07. The number of nitrogens with one attached hydrogen (secondary N) is 1. The van der Waals surface area contributed by atoms with Crippen LogP contribution in [0.2, 0.25) is 10.0 Å². The quantitative estimate of drug-likeness (QED) is 0.333. The highest BCUT2D eigenvalue weighted by Gasteiger charge is 2.25. The van der Waals surface area contributed by atoms with Gasteiger partial charge in [-0.1, -0.05) is 29.6 Å². The second kappa shape index (κ2) is 10.0. The number of amides is 1. The molecule has 1 saturated heterocycles. The molecule has 4 aromatic rings. The van der Waals surface area contributed by atoms with Crippen molar-refractivity contribution >= 4 is 61.4 Å². The molecule has 1 aliphatic heterocycles. The summed E-state index contributed by atoms with van der Waals surface area (Å²) in [6, 6.07) is 15.4. The molecular weight excluding hydrogens is 519 g/mol. The molecule has 10 heteroatoms. The molecule has 3 heterocycles. The molecule has 2 aromatic heterocycles. The van der Waals surface area contributed by atoms with Crippen molar-refractivity contribution < 1.29 is 13.2 Å². The minimum atomic E-state index is -3.41. The van der Waals surface area contributed by atoms with Crippen LogP contribution in [0.15, 0.2) is 67.0 Å². The predicted molar refractivity (Wildman–Crippen MR) is 144 cm³/mol. The topological polar surface area (TPSA) is 92.3 Å². The molecule has 5 rings (SSSR count). The minimum absolute atomic E-state index is 0.106. The van der Waals surface area contributed by atoms with Crippen molar-refractivity contribution in [2.75, 3.05) is 21.9 Å². The predicted octanol–water partition coefficient (Wildman–Crippen LogP) is 6.18. The number of hydrogen-bond acceptors (Lipinski definition) is 5. The van der Waals surface area contributed by atoms with Gasteiger partial charge in [0.05, 0.1) is 38.3 Å². The lowest BCUT2D eigenvalue weighted by Gasteiger charge is -2.22. The summed E-state index contributed by atoms with van der Waals surface area (Å²) in [5.74, 6) is -0.314. The van der Waals surface area contributed by atoms with Crippen molar-refractivity contribution in [1.29, 1.82) is 0 Å². The van der Waals surface area contributed by atoms with Gasteiger partial charge >= 0.3 is 0 Å². The number of halogens is 2. The van der Waals surface area contributed by atoms with Gasteiger partial charge in [0.1, 0.15) is 0 Å². The highest BCUT2D eigenvalue weighted by molar-refractivity contribution is 7.92. The largest absolute Gasteiger partial charge is 0.322 e. The molecular formula is C26H22Cl2N4O3S. The van der Waals surface area contributed by atoms with Crippen molar-refractivity contribution in [1.82, 2.24) is 9.97 Å². The molecule has 184 valence electrons. The van der Waals surface area contributed by atoms with Gasteiger partial charge in [0.25, 0.3) is 5.91 Å². The summed E-state index contributed by atoms with van der Waals surface area (Å²) < 4.78 is 26.6. The van der Waals surface area contributed by atoms with Gasteiger partial charge in [-0.25, -0.2) is 13.4 Å². The summed E-state index contributed by atoms with van der Waals surface area (Å²) in [6.45, 7) is 0.400. The Balaban J connectivity index is 1.39. The normalized spacial score (nSPS) is 15.4. The average Bonchev–Trinajstić information content (AvgIpc) is 3.04. The summed E-state index contributed by atoms with van der Waals surface area (Å²) in [5, 5.41) is 4.42. The monoisotopic (exact) mass is 540 g/mol.